The predicted octanol–water partition coefficient (Wildman–Crippen LogP) is 1.88. The highest BCUT2D eigenvalue weighted by Crippen LogP contribution is 2.35. The third-order valence-electron chi connectivity index (χ3n) is 4.09. The van der Waals surface area contributed by atoms with E-state index in [1.807, 2.05) is 37.4 Å². The number of benzene rings is 1. The van der Waals surface area contributed by atoms with Gasteiger partial charge in [-0.3, -0.25) is 0 Å². The molecular weight excluding hydrogens is 278 g/mol. The van der Waals surface area contributed by atoms with Crippen LogP contribution in [0.15, 0.2) is 41.0 Å². The van der Waals surface area contributed by atoms with Crippen LogP contribution < -0.4 is 16.0 Å². The summed E-state index contributed by atoms with van der Waals surface area (Å²) in [5, 5.41) is 3.25. The number of furan rings is 1. The predicted molar refractivity (Wildman–Crippen MR) is 86.7 cm³/mol. The smallest absolute Gasteiger partial charge is 0.222 e. The van der Waals surface area contributed by atoms with Crippen LogP contribution >= 0.6 is 0 Å². The molecule has 0 radical (unpaired) electrons. The molecule has 0 atom stereocenters. The fourth-order valence-corrected chi connectivity index (χ4v) is 2.79. The van der Waals surface area contributed by atoms with Crippen LogP contribution in [0, 0.1) is 0 Å². The zero-order chi connectivity index (χ0) is 15.1. The Balaban J connectivity index is 1.82. The SMILES string of the molecule is CNC1CN(c2nc(N)nc3c(-c4ccccc4)coc23)C1. The minimum absolute atomic E-state index is 0.272. The summed E-state index contributed by atoms with van der Waals surface area (Å²) < 4.78 is 5.77. The van der Waals surface area contributed by atoms with Gasteiger partial charge in [-0.2, -0.15) is 4.98 Å². The van der Waals surface area contributed by atoms with E-state index in [9.17, 15) is 0 Å². The van der Waals surface area contributed by atoms with Crippen LogP contribution in [-0.2, 0) is 0 Å². The highest BCUT2D eigenvalue weighted by Gasteiger charge is 2.30. The van der Waals surface area contributed by atoms with E-state index >= 15 is 0 Å². The van der Waals surface area contributed by atoms with Crippen molar-refractivity contribution in [3.63, 3.8) is 0 Å². The van der Waals surface area contributed by atoms with E-state index in [-0.39, 0.29) is 5.95 Å². The third kappa shape index (κ3) is 2.00. The topological polar surface area (TPSA) is 80.2 Å². The van der Waals surface area contributed by atoms with Crippen LogP contribution in [0.25, 0.3) is 22.2 Å². The van der Waals surface area contributed by atoms with Crippen LogP contribution in [0.1, 0.15) is 0 Å². The molecule has 1 fully saturated rings. The number of hydrogen-bond donors (Lipinski definition) is 2. The van der Waals surface area contributed by atoms with Crippen molar-refractivity contribution in [2.75, 3.05) is 30.8 Å². The first kappa shape index (κ1) is 13.1. The lowest BCUT2D eigenvalue weighted by Crippen LogP contribution is -2.57. The van der Waals surface area contributed by atoms with Gasteiger partial charge in [-0.05, 0) is 12.6 Å². The second-order valence-corrected chi connectivity index (χ2v) is 5.49. The third-order valence-corrected chi connectivity index (χ3v) is 4.09. The summed E-state index contributed by atoms with van der Waals surface area (Å²) >= 11 is 0. The quantitative estimate of drug-likeness (QED) is 0.768. The summed E-state index contributed by atoms with van der Waals surface area (Å²) in [5.74, 6) is 1.05. The zero-order valence-electron chi connectivity index (χ0n) is 12.3. The molecule has 2 aromatic heterocycles. The summed E-state index contributed by atoms with van der Waals surface area (Å²) in [6, 6.07) is 10.5. The Hall–Kier alpha value is -2.60. The van der Waals surface area contributed by atoms with Gasteiger partial charge < -0.3 is 20.4 Å². The number of rotatable bonds is 3. The molecule has 6 heteroatoms. The number of hydrogen-bond acceptors (Lipinski definition) is 6. The van der Waals surface area contributed by atoms with Crippen LogP contribution in [0.4, 0.5) is 11.8 Å². The second kappa shape index (κ2) is 4.99. The lowest BCUT2D eigenvalue weighted by molar-refractivity contribution is 0.446. The van der Waals surface area contributed by atoms with Gasteiger partial charge in [0.15, 0.2) is 11.4 Å². The van der Waals surface area contributed by atoms with Gasteiger partial charge in [0.1, 0.15) is 11.8 Å². The normalized spacial score (nSPS) is 15.2. The van der Waals surface area contributed by atoms with E-state index in [0.29, 0.717) is 11.6 Å². The van der Waals surface area contributed by atoms with Crippen molar-refractivity contribution in [1.29, 1.82) is 0 Å². The van der Waals surface area contributed by atoms with Crippen LogP contribution in [0.5, 0.6) is 0 Å². The molecule has 22 heavy (non-hydrogen) atoms. The van der Waals surface area contributed by atoms with Crippen LogP contribution in [0.2, 0.25) is 0 Å². The van der Waals surface area contributed by atoms with Crippen LogP contribution in [-0.4, -0.2) is 36.1 Å². The highest BCUT2D eigenvalue weighted by molar-refractivity contribution is 5.96. The maximum Gasteiger partial charge on any atom is 0.222 e. The highest BCUT2D eigenvalue weighted by atomic mass is 16.3. The molecule has 0 saturated carbocycles. The molecular formula is C16H17N5O. The summed E-state index contributed by atoms with van der Waals surface area (Å²) in [7, 11) is 1.96. The number of aromatic nitrogens is 2. The number of fused-ring (bicyclic) bond motifs is 1. The first-order valence-corrected chi connectivity index (χ1v) is 7.28. The molecule has 3 aromatic rings. The number of nitrogen functional groups attached to an aromatic ring is 1. The monoisotopic (exact) mass is 295 g/mol. The number of anilines is 2. The minimum Gasteiger partial charge on any atom is -0.458 e. The van der Waals surface area contributed by atoms with E-state index in [2.05, 4.69) is 20.2 Å². The molecule has 6 nitrogen and oxygen atoms in total. The van der Waals surface area contributed by atoms with E-state index in [1.54, 1.807) is 6.26 Å². The zero-order valence-corrected chi connectivity index (χ0v) is 12.3. The molecule has 0 amide bonds. The molecule has 0 unspecified atom stereocenters. The maximum absolute atomic E-state index is 5.91. The van der Waals surface area contributed by atoms with Crippen LogP contribution in [0.3, 0.4) is 0 Å². The van der Waals surface area contributed by atoms with Gasteiger partial charge >= 0.3 is 0 Å². The fourth-order valence-electron chi connectivity index (χ4n) is 2.79. The molecule has 1 aromatic carbocycles. The largest absolute Gasteiger partial charge is 0.458 e. The fraction of sp³-hybridized carbons (Fsp3) is 0.250. The van der Waals surface area contributed by atoms with E-state index in [4.69, 9.17) is 10.2 Å². The first-order valence-electron chi connectivity index (χ1n) is 7.28. The Labute approximate surface area is 128 Å². The average Bonchev–Trinajstić information content (AvgIpc) is 2.90. The van der Waals surface area contributed by atoms with Crippen molar-refractivity contribution in [1.82, 2.24) is 15.3 Å². The van der Waals surface area contributed by atoms with E-state index in [1.165, 1.54) is 0 Å². The summed E-state index contributed by atoms with van der Waals surface area (Å²) in [5.41, 5.74) is 9.37. The molecule has 0 aliphatic carbocycles. The van der Waals surface area contributed by atoms with Gasteiger partial charge in [0.25, 0.3) is 0 Å². The van der Waals surface area contributed by atoms with Gasteiger partial charge in [0.2, 0.25) is 5.95 Å². The van der Waals surface area contributed by atoms with Gasteiger partial charge in [-0.15, -0.1) is 0 Å². The van der Waals surface area contributed by atoms with Crippen molar-refractivity contribution in [2.24, 2.45) is 0 Å². The Morgan fingerprint density at radius 2 is 2.00 bits per heavy atom. The van der Waals surface area contributed by atoms with Gasteiger partial charge in [0.05, 0.1) is 0 Å². The van der Waals surface area contributed by atoms with Crippen molar-refractivity contribution < 1.29 is 4.42 Å². The van der Waals surface area contributed by atoms with E-state index in [0.717, 1.165) is 35.6 Å². The van der Waals surface area contributed by atoms with E-state index < -0.39 is 0 Å². The number of likely N-dealkylation sites (N-methyl/N-ethyl adjacent to an activating group) is 1. The molecule has 1 saturated heterocycles. The number of nitrogens with two attached hydrogens (primary N) is 1. The van der Waals surface area contributed by atoms with Crippen molar-refractivity contribution in [3.8, 4) is 11.1 Å². The van der Waals surface area contributed by atoms with Crippen molar-refractivity contribution in [2.45, 2.75) is 6.04 Å². The maximum atomic E-state index is 5.91. The summed E-state index contributed by atoms with van der Waals surface area (Å²) in [6.07, 6.45) is 1.73. The Morgan fingerprint density at radius 1 is 1.23 bits per heavy atom. The first-order chi connectivity index (χ1) is 10.8. The van der Waals surface area contributed by atoms with Gasteiger partial charge in [0, 0.05) is 24.7 Å². The summed E-state index contributed by atoms with van der Waals surface area (Å²) in [4.78, 5) is 10.9. The number of nitrogens with one attached hydrogen (secondary N) is 1. The molecule has 3 heterocycles. The summed E-state index contributed by atoms with van der Waals surface area (Å²) in [6.45, 7) is 1.78. The second-order valence-electron chi connectivity index (χ2n) is 5.49. The molecule has 3 N–H and O–H groups in total. The Morgan fingerprint density at radius 3 is 2.73 bits per heavy atom. The lowest BCUT2D eigenvalue weighted by Gasteiger charge is -2.39. The van der Waals surface area contributed by atoms with Gasteiger partial charge in [-0.1, -0.05) is 30.3 Å². The molecule has 1 aliphatic rings. The Bertz CT molecular complexity index is 808. The molecule has 112 valence electrons. The standard InChI is InChI=1S/C16H17N5O/c1-18-11-7-21(8-11)15-14-13(19-16(17)20-15)12(9-22-14)10-5-3-2-4-6-10/h2-6,9,11,18H,7-8H2,1H3,(H2,17,19,20). The lowest BCUT2D eigenvalue weighted by atomic mass is 10.1. The average molecular weight is 295 g/mol. The molecule has 0 spiro atoms. The molecule has 4 rings (SSSR count). The Kier molecular flexibility index (Phi) is 2.97. The van der Waals surface area contributed by atoms with Crippen molar-refractivity contribution >= 4 is 22.9 Å². The number of nitrogens with zero attached hydrogens (tertiary/aromatic N) is 3. The van der Waals surface area contributed by atoms with Crippen molar-refractivity contribution in [3.05, 3.63) is 36.6 Å². The molecule has 0 bridgehead atoms. The minimum atomic E-state index is 0.272. The molecule has 1 aliphatic heterocycles. The van der Waals surface area contributed by atoms with Gasteiger partial charge in [-0.25, -0.2) is 4.98 Å².